The van der Waals surface area contributed by atoms with Gasteiger partial charge in [-0.25, -0.2) is 0 Å². The number of alkyl halides is 1. The molecule has 1 aromatic carbocycles. The zero-order valence-electron chi connectivity index (χ0n) is 7.19. The molecule has 0 atom stereocenters. The van der Waals surface area contributed by atoms with Gasteiger partial charge >= 0.3 is 0 Å². The van der Waals surface area contributed by atoms with Crippen LogP contribution in [0.1, 0.15) is 18.4 Å². The minimum atomic E-state index is 0.730. The number of hydrogen-bond acceptors (Lipinski definition) is 0. The Kier molecular flexibility index (Phi) is 4.97. The number of hydrogen-bond donors (Lipinski definition) is 0. The standard InChI is InChI=1S/C11H10BrCl/c12-9-5-1-2-6-10-7-3-4-8-11(10)13/h3-4,7-8H,1,5,9H2. The van der Waals surface area contributed by atoms with Gasteiger partial charge in [-0.15, -0.1) is 0 Å². The van der Waals surface area contributed by atoms with Crippen LogP contribution in [0.25, 0.3) is 0 Å². The van der Waals surface area contributed by atoms with Crippen molar-refractivity contribution in [1.29, 1.82) is 0 Å². The van der Waals surface area contributed by atoms with Gasteiger partial charge in [-0.1, -0.05) is 51.5 Å². The van der Waals surface area contributed by atoms with Crippen molar-refractivity contribution in [1.82, 2.24) is 0 Å². The van der Waals surface area contributed by atoms with E-state index in [9.17, 15) is 0 Å². The minimum Gasteiger partial charge on any atom is -0.0978 e. The van der Waals surface area contributed by atoms with Crippen LogP contribution in [0.5, 0.6) is 0 Å². The van der Waals surface area contributed by atoms with Crippen LogP contribution in [-0.4, -0.2) is 5.33 Å². The topological polar surface area (TPSA) is 0 Å². The summed E-state index contributed by atoms with van der Waals surface area (Å²) in [6.45, 7) is 0. The van der Waals surface area contributed by atoms with Crippen LogP contribution in [0, 0.1) is 11.8 Å². The molecule has 0 amide bonds. The van der Waals surface area contributed by atoms with Gasteiger partial charge in [0, 0.05) is 17.3 Å². The lowest BCUT2D eigenvalue weighted by atomic mass is 10.2. The zero-order chi connectivity index (χ0) is 9.52. The summed E-state index contributed by atoms with van der Waals surface area (Å²) >= 11 is 9.28. The maximum atomic E-state index is 5.93. The fourth-order valence-corrected chi connectivity index (χ4v) is 1.34. The van der Waals surface area contributed by atoms with Crippen LogP contribution in [-0.2, 0) is 0 Å². The van der Waals surface area contributed by atoms with Gasteiger partial charge in [0.2, 0.25) is 0 Å². The first-order chi connectivity index (χ1) is 6.34. The Morgan fingerprint density at radius 1 is 1.31 bits per heavy atom. The second-order valence-electron chi connectivity index (χ2n) is 2.57. The van der Waals surface area contributed by atoms with E-state index >= 15 is 0 Å². The summed E-state index contributed by atoms with van der Waals surface area (Å²) in [5.41, 5.74) is 0.915. The summed E-state index contributed by atoms with van der Waals surface area (Å²) in [6, 6.07) is 7.64. The molecule has 0 heterocycles. The molecule has 0 aromatic heterocycles. The lowest BCUT2D eigenvalue weighted by molar-refractivity contribution is 1.01. The maximum Gasteiger partial charge on any atom is 0.0562 e. The van der Waals surface area contributed by atoms with Gasteiger partial charge in [-0.2, -0.15) is 0 Å². The fourth-order valence-electron chi connectivity index (χ4n) is 0.876. The molecule has 0 saturated heterocycles. The highest BCUT2D eigenvalue weighted by atomic mass is 79.9. The van der Waals surface area contributed by atoms with E-state index in [0.717, 1.165) is 28.8 Å². The molecule has 2 heteroatoms. The van der Waals surface area contributed by atoms with Gasteiger partial charge in [-0.3, -0.25) is 0 Å². The van der Waals surface area contributed by atoms with Crippen molar-refractivity contribution in [2.24, 2.45) is 0 Å². The highest BCUT2D eigenvalue weighted by Crippen LogP contribution is 2.13. The summed E-state index contributed by atoms with van der Waals surface area (Å²) in [5.74, 6) is 6.12. The molecule has 13 heavy (non-hydrogen) atoms. The van der Waals surface area contributed by atoms with E-state index in [1.165, 1.54) is 0 Å². The van der Waals surface area contributed by atoms with Crippen LogP contribution in [0.3, 0.4) is 0 Å². The van der Waals surface area contributed by atoms with E-state index in [4.69, 9.17) is 11.6 Å². The van der Waals surface area contributed by atoms with Gasteiger partial charge in [0.05, 0.1) is 5.02 Å². The van der Waals surface area contributed by atoms with Crippen LogP contribution >= 0.6 is 27.5 Å². The molecule has 0 aliphatic heterocycles. The Morgan fingerprint density at radius 3 is 2.77 bits per heavy atom. The average molecular weight is 258 g/mol. The number of rotatable bonds is 2. The number of unbranched alkanes of at least 4 members (excludes halogenated alkanes) is 1. The molecular formula is C11H10BrCl. The van der Waals surface area contributed by atoms with Gasteiger partial charge < -0.3 is 0 Å². The van der Waals surface area contributed by atoms with Gasteiger partial charge in [0.15, 0.2) is 0 Å². The van der Waals surface area contributed by atoms with Gasteiger partial charge in [-0.05, 0) is 18.6 Å². The Hall–Kier alpha value is -0.450. The summed E-state index contributed by atoms with van der Waals surface area (Å²) in [5, 5.41) is 1.73. The quantitative estimate of drug-likeness (QED) is 0.429. The van der Waals surface area contributed by atoms with Crippen molar-refractivity contribution in [2.75, 3.05) is 5.33 Å². The molecule has 0 aliphatic carbocycles. The third-order valence-electron chi connectivity index (χ3n) is 1.53. The molecule has 0 radical (unpaired) electrons. The summed E-state index contributed by atoms with van der Waals surface area (Å²) in [6.07, 6.45) is 1.99. The lowest BCUT2D eigenvalue weighted by Crippen LogP contribution is -1.76. The first-order valence-electron chi connectivity index (χ1n) is 4.14. The van der Waals surface area contributed by atoms with E-state index < -0.39 is 0 Å². The summed E-state index contributed by atoms with van der Waals surface area (Å²) in [4.78, 5) is 0. The smallest absolute Gasteiger partial charge is 0.0562 e. The van der Waals surface area contributed by atoms with Crippen molar-refractivity contribution in [3.63, 3.8) is 0 Å². The first-order valence-corrected chi connectivity index (χ1v) is 5.64. The van der Waals surface area contributed by atoms with Crippen LogP contribution in [0.2, 0.25) is 5.02 Å². The first kappa shape index (κ1) is 10.6. The Morgan fingerprint density at radius 2 is 2.08 bits per heavy atom. The molecular weight excluding hydrogens is 247 g/mol. The van der Waals surface area contributed by atoms with Crippen molar-refractivity contribution in [3.8, 4) is 11.8 Å². The largest absolute Gasteiger partial charge is 0.0978 e. The molecule has 1 aromatic rings. The molecule has 0 nitrogen and oxygen atoms in total. The number of halogens is 2. The van der Waals surface area contributed by atoms with Crippen LogP contribution < -0.4 is 0 Å². The molecule has 0 fully saturated rings. The molecule has 0 bridgehead atoms. The average Bonchev–Trinajstić information content (AvgIpc) is 2.15. The van der Waals surface area contributed by atoms with Crippen molar-refractivity contribution >= 4 is 27.5 Å². The van der Waals surface area contributed by atoms with E-state index in [2.05, 4.69) is 27.8 Å². The van der Waals surface area contributed by atoms with Crippen molar-refractivity contribution in [3.05, 3.63) is 34.9 Å². The monoisotopic (exact) mass is 256 g/mol. The predicted octanol–water partition coefficient (Wildman–Crippen LogP) is 3.87. The molecule has 68 valence electrons. The summed E-state index contributed by atoms with van der Waals surface area (Å²) < 4.78 is 0. The fraction of sp³-hybridized carbons (Fsp3) is 0.273. The van der Waals surface area contributed by atoms with Crippen molar-refractivity contribution in [2.45, 2.75) is 12.8 Å². The zero-order valence-corrected chi connectivity index (χ0v) is 9.53. The highest BCUT2D eigenvalue weighted by molar-refractivity contribution is 9.09. The SMILES string of the molecule is Clc1ccccc1C#CCCCBr. The molecule has 1 rings (SSSR count). The van der Waals surface area contributed by atoms with Gasteiger partial charge in [0.25, 0.3) is 0 Å². The molecule has 0 aliphatic rings. The Bertz CT molecular complexity index is 322. The Balaban J connectivity index is 2.61. The molecule has 0 saturated carbocycles. The van der Waals surface area contributed by atoms with Crippen LogP contribution in [0.4, 0.5) is 0 Å². The van der Waals surface area contributed by atoms with E-state index in [1.807, 2.05) is 24.3 Å². The number of benzene rings is 1. The molecule has 0 unspecified atom stereocenters. The lowest BCUT2D eigenvalue weighted by Gasteiger charge is -1.92. The third-order valence-corrected chi connectivity index (χ3v) is 2.42. The maximum absolute atomic E-state index is 5.93. The second-order valence-corrected chi connectivity index (χ2v) is 3.77. The van der Waals surface area contributed by atoms with E-state index in [0.29, 0.717) is 0 Å². The third kappa shape index (κ3) is 3.85. The van der Waals surface area contributed by atoms with Crippen LogP contribution in [0.15, 0.2) is 24.3 Å². The highest BCUT2D eigenvalue weighted by Gasteiger charge is 1.91. The molecule has 0 spiro atoms. The second kappa shape index (κ2) is 6.07. The normalized spacial score (nSPS) is 9.08. The molecule has 0 N–H and O–H groups in total. The van der Waals surface area contributed by atoms with Crippen molar-refractivity contribution < 1.29 is 0 Å². The summed E-state index contributed by atoms with van der Waals surface area (Å²) in [7, 11) is 0. The van der Waals surface area contributed by atoms with E-state index in [1.54, 1.807) is 0 Å². The Labute approximate surface area is 92.4 Å². The van der Waals surface area contributed by atoms with Gasteiger partial charge in [0.1, 0.15) is 0 Å². The van der Waals surface area contributed by atoms with E-state index in [-0.39, 0.29) is 0 Å². The minimum absolute atomic E-state index is 0.730. The predicted molar refractivity (Wildman–Crippen MR) is 61.4 cm³/mol.